The minimum absolute atomic E-state index is 0.0411. The van der Waals surface area contributed by atoms with Crippen LogP contribution in [0.1, 0.15) is 17.9 Å². The fraction of sp³-hybridized carbons (Fsp3) is 0.300. The smallest absolute Gasteiger partial charge is 0.307 e. The zero-order valence-electron chi connectivity index (χ0n) is 7.21. The second kappa shape index (κ2) is 3.24. The van der Waals surface area contributed by atoms with Crippen LogP contribution in [0.5, 0.6) is 0 Å². The zero-order valence-corrected chi connectivity index (χ0v) is 7.96. The molecule has 14 heavy (non-hydrogen) atoms. The largest absolute Gasteiger partial charge is 0.481 e. The van der Waals surface area contributed by atoms with E-state index in [9.17, 15) is 9.18 Å². The van der Waals surface area contributed by atoms with Crippen molar-refractivity contribution in [2.75, 3.05) is 0 Å². The molecule has 0 aromatic heterocycles. The molecule has 1 aromatic rings. The number of rotatable bonds is 2. The lowest BCUT2D eigenvalue weighted by Gasteiger charge is -2.01. The quantitative estimate of drug-likeness (QED) is 0.822. The Morgan fingerprint density at radius 2 is 2.29 bits per heavy atom. The molecule has 1 aliphatic carbocycles. The van der Waals surface area contributed by atoms with Crippen molar-refractivity contribution in [2.24, 2.45) is 5.92 Å². The highest BCUT2D eigenvalue weighted by molar-refractivity contribution is 6.31. The van der Waals surface area contributed by atoms with Crippen LogP contribution in [-0.4, -0.2) is 11.1 Å². The average Bonchev–Trinajstić information content (AvgIpc) is 2.83. The highest BCUT2D eigenvalue weighted by atomic mass is 35.5. The molecule has 1 fully saturated rings. The van der Waals surface area contributed by atoms with Crippen molar-refractivity contribution in [1.29, 1.82) is 0 Å². The maximum atomic E-state index is 12.7. The number of aliphatic carboxylic acids is 1. The number of hydrogen-bond acceptors (Lipinski definition) is 1. The second-order valence-corrected chi connectivity index (χ2v) is 3.86. The molecule has 2 nitrogen and oxygen atoms in total. The zero-order chi connectivity index (χ0) is 10.3. The van der Waals surface area contributed by atoms with E-state index in [1.807, 2.05) is 0 Å². The number of halogens is 2. The topological polar surface area (TPSA) is 37.3 Å². The Morgan fingerprint density at radius 3 is 2.79 bits per heavy atom. The Labute approximate surface area is 85.3 Å². The molecule has 0 amide bonds. The second-order valence-electron chi connectivity index (χ2n) is 3.45. The number of carboxylic acid groups (broad SMARTS) is 1. The highest BCUT2D eigenvalue weighted by Gasteiger charge is 2.45. The van der Waals surface area contributed by atoms with Crippen LogP contribution >= 0.6 is 11.6 Å². The molecule has 0 bridgehead atoms. The van der Waals surface area contributed by atoms with Gasteiger partial charge in [0.15, 0.2) is 0 Å². The van der Waals surface area contributed by atoms with Gasteiger partial charge in [-0.1, -0.05) is 17.7 Å². The van der Waals surface area contributed by atoms with Gasteiger partial charge in [0.05, 0.1) is 5.92 Å². The normalized spacial score (nSPS) is 24.7. The van der Waals surface area contributed by atoms with Crippen LogP contribution in [0.2, 0.25) is 5.02 Å². The van der Waals surface area contributed by atoms with Crippen LogP contribution in [0.4, 0.5) is 4.39 Å². The summed E-state index contributed by atoms with van der Waals surface area (Å²) in [5.74, 6) is -1.60. The Morgan fingerprint density at radius 1 is 1.57 bits per heavy atom. The number of hydrogen-bond donors (Lipinski definition) is 1. The Hall–Kier alpha value is -1.09. The van der Waals surface area contributed by atoms with E-state index in [2.05, 4.69) is 0 Å². The predicted molar refractivity (Wildman–Crippen MR) is 49.9 cm³/mol. The third-order valence-electron chi connectivity index (χ3n) is 2.47. The Balaban J connectivity index is 2.23. The lowest BCUT2D eigenvalue weighted by molar-refractivity contribution is -0.138. The number of benzene rings is 1. The summed E-state index contributed by atoms with van der Waals surface area (Å²) in [6, 6.07) is 4.08. The molecule has 0 saturated heterocycles. The SMILES string of the molecule is O=C(O)C1C[C@H]1c1ccc(F)cc1Cl. The van der Waals surface area contributed by atoms with E-state index in [-0.39, 0.29) is 11.8 Å². The fourth-order valence-electron chi connectivity index (χ4n) is 1.61. The lowest BCUT2D eigenvalue weighted by atomic mass is 10.1. The van der Waals surface area contributed by atoms with Gasteiger partial charge in [0, 0.05) is 5.02 Å². The number of carbonyl (C=O) groups is 1. The van der Waals surface area contributed by atoms with Gasteiger partial charge in [0.2, 0.25) is 0 Å². The van der Waals surface area contributed by atoms with Crippen LogP contribution in [0, 0.1) is 11.7 Å². The van der Waals surface area contributed by atoms with Gasteiger partial charge in [-0.2, -0.15) is 0 Å². The molecule has 1 aromatic carbocycles. The average molecular weight is 215 g/mol. The highest BCUT2D eigenvalue weighted by Crippen LogP contribution is 2.49. The fourth-order valence-corrected chi connectivity index (χ4v) is 1.92. The maximum absolute atomic E-state index is 12.7. The van der Waals surface area contributed by atoms with Gasteiger partial charge < -0.3 is 5.11 Å². The van der Waals surface area contributed by atoms with Gasteiger partial charge >= 0.3 is 5.97 Å². The number of carboxylic acids is 1. The van der Waals surface area contributed by atoms with Crippen molar-refractivity contribution in [3.8, 4) is 0 Å². The van der Waals surface area contributed by atoms with Crippen LogP contribution in [-0.2, 0) is 4.79 Å². The summed E-state index contributed by atoms with van der Waals surface area (Å²) < 4.78 is 12.7. The van der Waals surface area contributed by atoms with Crippen molar-refractivity contribution in [1.82, 2.24) is 0 Å². The molecule has 1 saturated carbocycles. The van der Waals surface area contributed by atoms with Crippen LogP contribution < -0.4 is 0 Å². The Bertz CT molecular complexity index is 392. The lowest BCUT2D eigenvalue weighted by Crippen LogP contribution is -1.99. The first-order valence-corrected chi connectivity index (χ1v) is 4.65. The predicted octanol–water partition coefficient (Wildman–Crippen LogP) is 2.67. The van der Waals surface area contributed by atoms with Crippen LogP contribution in [0.25, 0.3) is 0 Å². The molecule has 0 spiro atoms. The van der Waals surface area contributed by atoms with Gasteiger partial charge in [-0.25, -0.2) is 4.39 Å². The monoisotopic (exact) mass is 214 g/mol. The third kappa shape index (κ3) is 1.60. The van der Waals surface area contributed by atoms with Crippen LogP contribution in [0.3, 0.4) is 0 Å². The molecule has 2 rings (SSSR count). The summed E-state index contributed by atoms with van der Waals surface area (Å²) in [5, 5.41) is 9.03. The molecule has 4 heteroatoms. The van der Waals surface area contributed by atoms with Gasteiger partial charge in [-0.15, -0.1) is 0 Å². The van der Waals surface area contributed by atoms with Gasteiger partial charge in [-0.3, -0.25) is 4.79 Å². The minimum atomic E-state index is -0.810. The van der Waals surface area contributed by atoms with Crippen molar-refractivity contribution in [3.63, 3.8) is 0 Å². The molecule has 0 heterocycles. The first kappa shape index (κ1) is 9.46. The van der Waals surface area contributed by atoms with Gasteiger partial charge in [0.1, 0.15) is 5.82 Å². The summed E-state index contributed by atoms with van der Waals surface area (Å²) in [6.07, 6.45) is 0.598. The van der Waals surface area contributed by atoms with Gasteiger partial charge in [-0.05, 0) is 30.0 Å². The van der Waals surface area contributed by atoms with Crippen molar-refractivity contribution in [2.45, 2.75) is 12.3 Å². The summed E-state index contributed by atoms with van der Waals surface area (Å²) in [7, 11) is 0. The maximum Gasteiger partial charge on any atom is 0.307 e. The van der Waals surface area contributed by atoms with Crippen molar-refractivity contribution < 1.29 is 14.3 Å². The Kier molecular flexibility index (Phi) is 2.19. The van der Waals surface area contributed by atoms with Crippen LogP contribution in [0.15, 0.2) is 18.2 Å². The summed E-state index contributed by atoms with van der Waals surface area (Å²) in [5.41, 5.74) is 0.737. The molecular formula is C10H8ClFO2. The third-order valence-corrected chi connectivity index (χ3v) is 2.80. The van der Waals surface area contributed by atoms with E-state index in [4.69, 9.17) is 16.7 Å². The molecule has 1 unspecified atom stereocenters. The molecule has 1 aliphatic rings. The van der Waals surface area contributed by atoms with E-state index < -0.39 is 11.8 Å². The summed E-state index contributed by atoms with van der Waals surface area (Å²) >= 11 is 5.80. The summed E-state index contributed by atoms with van der Waals surface area (Å²) in [6.45, 7) is 0. The molecule has 1 N–H and O–H groups in total. The molecular weight excluding hydrogens is 207 g/mol. The first-order chi connectivity index (χ1) is 6.59. The van der Waals surface area contributed by atoms with E-state index in [1.165, 1.54) is 12.1 Å². The van der Waals surface area contributed by atoms with E-state index in [0.29, 0.717) is 11.4 Å². The standard InChI is InChI=1S/C10H8ClFO2/c11-9-3-5(12)1-2-6(9)7-4-8(7)10(13)14/h1-3,7-8H,4H2,(H,13,14)/t7-,8?/m0/s1. The summed E-state index contributed by atoms with van der Waals surface area (Å²) in [4.78, 5) is 10.6. The van der Waals surface area contributed by atoms with Crippen molar-refractivity contribution in [3.05, 3.63) is 34.6 Å². The molecule has 0 radical (unpaired) electrons. The van der Waals surface area contributed by atoms with Gasteiger partial charge in [0.25, 0.3) is 0 Å². The molecule has 0 aliphatic heterocycles. The van der Waals surface area contributed by atoms with E-state index in [1.54, 1.807) is 6.07 Å². The molecule has 74 valence electrons. The first-order valence-electron chi connectivity index (χ1n) is 4.27. The minimum Gasteiger partial charge on any atom is -0.481 e. The van der Waals surface area contributed by atoms with E-state index >= 15 is 0 Å². The van der Waals surface area contributed by atoms with Crippen molar-refractivity contribution >= 4 is 17.6 Å². The molecule has 2 atom stereocenters. The van der Waals surface area contributed by atoms with E-state index in [0.717, 1.165) is 5.56 Å².